The molecule has 1 atom stereocenters. The summed E-state index contributed by atoms with van der Waals surface area (Å²) < 4.78 is 0. The summed E-state index contributed by atoms with van der Waals surface area (Å²) in [6.45, 7) is 9.52. The zero-order valence-electron chi connectivity index (χ0n) is 12.6. The number of aromatic nitrogens is 2. The average Bonchev–Trinajstić information content (AvgIpc) is 2.74. The minimum atomic E-state index is 0.607. The number of halogens is 1. The lowest BCUT2D eigenvalue weighted by Crippen LogP contribution is -2.37. The van der Waals surface area contributed by atoms with Crippen molar-refractivity contribution in [2.24, 2.45) is 0 Å². The van der Waals surface area contributed by atoms with Gasteiger partial charge in [-0.2, -0.15) is 11.8 Å². The van der Waals surface area contributed by atoms with Gasteiger partial charge in [0.05, 0.1) is 11.9 Å². The molecule has 1 aliphatic rings. The van der Waals surface area contributed by atoms with Gasteiger partial charge >= 0.3 is 0 Å². The summed E-state index contributed by atoms with van der Waals surface area (Å²) in [6, 6.07) is 0. The number of aryl methyl sites for hydroxylation is 2. The highest BCUT2D eigenvalue weighted by atomic mass is 35.5. The van der Waals surface area contributed by atoms with Crippen molar-refractivity contribution in [3.63, 3.8) is 0 Å². The maximum Gasteiger partial charge on any atom is 0.145 e. The third kappa shape index (κ3) is 3.21. The third-order valence-corrected chi connectivity index (χ3v) is 6.82. The van der Waals surface area contributed by atoms with Crippen LogP contribution in [-0.4, -0.2) is 39.0 Å². The second kappa shape index (κ2) is 6.41. The minimum Gasteiger partial charge on any atom is -0.294 e. The highest BCUT2D eigenvalue weighted by molar-refractivity contribution is 8.00. The van der Waals surface area contributed by atoms with Crippen LogP contribution in [0, 0.1) is 13.8 Å². The number of nitrogens with zero attached hydrogens (tertiary/aromatic N) is 3. The van der Waals surface area contributed by atoms with Crippen LogP contribution in [0.2, 0.25) is 5.15 Å². The van der Waals surface area contributed by atoms with E-state index in [-0.39, 0.29) is 0 Å². The normalized spacial score (nSPS) is 20.3. The van der Waals surface area contributed by atoms with Crippen molar-refractivity contribution in [1.29, 1.82) is 0 Å². The maximum absolute atomic E-state index is 6.39. The van der Waals surface area contributed by atoms with Crippen molar-refractivity contribution in [3.05, 3.63) is 21.4 Å². The van der Waals surface area contributed by atoms with Crippen LogP contribution in [0.4, 0.5) is 0 Å². The summed E-state index contributed by atoms with van der Waals surface area (Å²) in [5, 5.41) is 2.38. The van der Waals surface area contributed by atoms with Crippen LogP contribution in [-0.2, 0) is 6.54 Å². The largest absolute Gasteiger partial charge is 0.294 e. The summed E-state index contributed by atoms with van der Waals surface area (Å²) in [4.78, 5) is 14.0. The van der Waals surface area contributed by atoms with Gasteiger partial charge < -0.3 is 0 Å². The molecule has 0 spiro atoms. The smallest absolute Gasteiger partial charge is 0.145 e. The molecule has 114 valence electrons. The van der Waals surface area contributed by atoms with E-state index in [9.17, 15) is 0 Å². The van der Waals surface area contributed by atoms with Gasteiger partial charge in [-0.05, 0) is 25.8 Å². The van der Waals surface area contributed by atoms with Crippen molar-refractivity contribution < 1.29 is 0 Å². The lowest BCUT2D eigenvalue weighted by atomic mass is 10.2. The number of hydrogen-bond donors (Lipinski definition) is 0. The molecule has 0 saturated carbocycles. The molecule has 0 radical (unpaired) electrons. The van der Waals surface area contributed by atoms with E-state index in [2.05, 4.69) is 42.4 Å². The van der Waals surface area contributed by atoms with Gasteiger partial charge in [-0.25, -0.2) is 9.97 Å². The van der Waals surface area contributed by atoms with E-state index in [0.29, 0.717) is 5.15 Å². The second-order valence-electron chi connectivity index (χ2n) is 5.53. The standard InChI is InChI=1S/C15H20ClN3S2/c1-4-11-7-19(5-6-20-11)8-12-17-14(16)13-9(2)10(3)21-15(13)18-12/h11H,4-8H2,1-3H3. The molecule has 1 fully saturated rings. The molecule has 2 aromatic rings. The van der Waals surface area contributed by atoms with Gasteiger partial charge in [-0.1, -0.05) is 18.5 Å². The van der Waals surface area contributed by atoms with Crippen molar-refractivity contribution >= 4 is 44.9 Å². The van der Waals surface area contributed by atoms with Gasteiger partial charge in [0.15, 0.2) is 0 Å². The lowest BCUT2D eigenvalue weighted by molar-refractivity contribution is 0.267. The molecule has 3 heterocycles. The van der Waals surface area contributed by atoms with Crippen LogP contribution in [0.5, 0.6) is 0 Å². The predicted octanol–water partition coefficient (Wildman–Crippen LogP) is 4.29. The molecular formula is C15H20ClN3S2. The Morgan fingerprint density at radius 2 is 2.14 bits per heavy atom. The zero-order valence-corrected chi connectivity index (χ0v) is 15.0. The van der Waals surface area contributed by atoms with Gasteiger partial charge in [0.1, 0.15) is 15.8 Å². The molecular weight excluding hydrogens is 322 g/mol. The first-order chi connectivity index (χ1) is 10.1. The van der Waals surface area contributed by atoms with Crippen molar-refractivity contribution in [1.82, 2.24) is 14.9 Å². The van der Waals surface area contributed by atoms with E-state index in [1.165, 1.54) is 22.6 Å². The Kier molecular flexibility index (Phi) is 4.74. The summed E-state index contributed by atoms with van der Waals surface area (Å²) in [5.41, 5.74) is 1.21. The minimum absolute atomic E-state index is 0.607. The van der Waals surface area contributed by atoms with Crippen molar-refractivity contribution in [2.45, 2.75) is 39.0 Å². The van der Waals surface area contributed by atoms with E-state index in [1.54, 1.807) is 11.3 Å². The molecule has 0 amide bonds. The van der Waals surface area contributed by atoms with Crippen LogP contribution >= 0.6 is 34.7 Å². The molecule has 3 rings (SSSR count). The Balaban J connectivity index is 1.84. The molecule has 1 unspecified atom stereocenters. The van der Waals surface area contributed by atoms with Gasteiger partial charge in [0.25, 0.3) is 0 Å². The molecule has 3 nitrogen and oxygen atoms in total. The Bertz CT molecular complexity index is 656. The van der Waals surface area contributed by atoms with Gasteiger partial charge in [0, 0.05) is 29.0 Å². The van der Waals surface area contributed by atoms with Crippen LogP contribution in [0.3, 0.4) is 0 Å². The molecule has 0 N–H and O–H groups in total. The highest BCUT2D eigenvalue weighted by Gasteiger charge is 2.21. The average molecular weight is 342 g/mol. The first-order valence-electron chi connectivity index (χ1n) is 7.34. The summed E-state index contributed by atoms with van der Waals surface area (Å²) in [7, 11) is 0. The number of fused-ring (bicyclic) bond motifs is 1. The predicted molar refractivity (Wildman–Crippen MR) is 93.7 cm³/mol. The van der Waals surface area contributed by atoms with Crippen molar-refractivity contribution in [2.75, 3.05) is 18.8 Å². The fourth-order valence-electron chi connectivity index (χ4n) is 2.68. The van der Waals surface area contributed by atoms with Crippen LogP contribution in [0.25, 0.3) is 10.2 Å². The number of hydrogen-bond acceptors (Lipinski definition) is 5. The van der Waals surface area contributed by atoms with E-state index >= 15 is 0 Å². The summed E-state index contributed by atoms with van der Waals surface area (Å²) >= 11 is 10.2. The maximum atomic E-state index is 6.39. The molecule has 0 aromatic carbocycles. The molecule has 0 aliphatic carbocycles. The fraction of sp³-hybridized carbons (Fsp3) is 0.600. The Morgan fingerprint density at radius 3 is 2.90 bits per heavy atom. The van der Waals surface area contributed by atoms with E-state index < -0.39 is 0 Å². The topological polar surface area (TPSA) is 29.0 Å². The van der Waals surface area contributed by atoms with Gasteiger partial charge in [0.2, 0.25) is 0 Å². The van der Waals surface area contributed by atoms with Crippen LogP contribution in [0.1, 0.15) is 29.6 Å². The monoisotopic (exact) mass is 341 g/mol. The van der Waals surface area contributed by atoms with Gasteiger partial charge in [-0.15, -0.1) is 11.3 Å². The quantitative estimate of drug-likeness (QED) is 0.779. The fourth-order valence-corrected chi connectivity index (χ4v) is 5.37. The Hall–Kier alpha value is -0.360. The van der Waals surface area contributed by atoms with E-state index in [1.807, 2.05) is 0 Å². The summed E-state index contributed by atoms with van der Waals surface area (Å²) in [5.74, 6) is 2.06. The lowest BCUT2D eigenvalue weighted by Gasteiger charge is -2.31. The Morgan fingerprint density at radius 1 is 1.33 bits per heavy atom. The molecule has 1 saturated heterocycles. The molecule has 2 aromatic heterocycles. The van der Waals surface area contributed by atoms with Crippen LogP contribution < -0.4 is 0 Å². The van der Waals surface area contributed by atoms with Gasteiger partial charge in [-0.3, -0.25) is 4.90 Å². The number of thiophene rings is 1. The summed E-state index contributed by atoms with van der Waals surface area (Å²) in [6.07, 6.45) is 1.23. The highest BCUT2D eigenvalue weighted by Crippen LogP contribution is 2.33. The van der Waals surface area contributed by atoms with Crippen molar-refractivity contribution in [3.8, 4) is 0 Å². The zero-order chi connectivity index (χ0) is 15.0. The SMILES string of the molecule is CCC1CN(Cc2nc(Cl)c3c(C)c(C)sc3n2)CCS1. The second-order valence-corrected chi connectivity index (χ2v) is 8.50. The first kappa shape index (κ1) is 15.5. The third-order valence-electron chi connectivity index (χ3n) is 4.07. The van der Waals surface area contributed by atoms with Crippen LogP contribution in [0.15, 0.2) is 0 Å². The molecule has 21 heavy (non-hydrogen) atoms. The number of rotatable bonds is 3. The Labute approximate surface area is 139 Å². The molecule has 0 bridgehead atoms. The molecule has 6 heteroatoms. The first-order valence-corrected chi connectivity index (χ1v) is 9.59. The van der Waals surface area contributed by atoms with E-state index in [0.717, 1.165) is 40.9 Å². The number of thioether (sulfide) groups is 1. The molecule has 1 aliphatic heterocycles. The van der Waals surface area contributed by atoms with E-state index in [4.69, 9.17) is 16.6 Å².